The van der Waals surface area contributed by atoms with E-state index in [0.717, 1.165) is 50.7 Å². The third-order valence-corrected chi connectivity index (χ3v) is 6.36. The van der Waals surface area contributed by atoms with Gasteiger partial charge in [-0.15, -0.1) is 35.7 Å². The molecule has 0 saturated carbocycles. The van der Waals surface area contributed by atoms with Gasteiger partial charge < -0.3 is 20.6 Å². The maximum atomic E-state index is 9.30. The number of hydrogen-bond donors (Lipinski definition) is 3. The lowest BCUT2D eigenvalue weighted by atomic mass is 9.97. The summed E-state index contributed by atoms with van der Waals surface area (Å²) < 4.78 is 0. The van der Waals surface area contributed by atoms with Gasteiger partial charge in [-0.3, -0.25) is 0 Å². The smallest absolute Gasteiger partial charge is 0.191 e. The summed E-state index contributed by atoms with van der Waals surface area (Å²) in [6, 6.07) is 19.2. The largest absolute Gasteiger partial charge is 0.396 e. The van der Waals surface area contributed by atoms with Crippen LogP contribution in [0.25, 0.3) is 0 Å². The molecule has 0 unspecified atom stereocenters. The maximum Gasteiger partial charge on any atom is 0.191 e. The number of halogens is 1. The summed E-state index contributed by atoms with van der Waals surface area (Å²) in [4.78, 5) is 8.44. The quantitative estimate of drug-likeness (QED) is 0.141. The van der Waals surface area contributed by atoms with E-state index in [1.807, 2.05) is 17.8 Å². The number of rotatable bonds is 9. The fourth-order valence-corrected chi connectivity index (χ4v) is 4.34. The molecule has 3 N–H and O–H groups in total. The van der Waals surface area contributed by atoms with Gasteiger partial charge in [0.1, 0.15) is 0 Å². The summed E-state index contributed by atoms with van der Waals surface area (Å²) >= 11 is 1.85. The predicted octanol–water partition coefficient (Wildman–Crippen LogP) is 4.36. The average Bonchev–Trinajstić information content (AvgIpc) is 2.81. The monoisotopic (exact) mass is 554 g/mol. The highest BCUT2D eigenvalue weighted by molar-refractivity contribution is 14.0. The van der Waals surface area contributed by atoms with Crippen molar-refractivity contribution in [3.63, 3.8) is 0 Å². The van der Waals surface area contributed by atoms with Crippen LogP contribution in [0.15, 0.2) is 64.5 Å². The lowest BCUT2D eigenvalue weighted by Crippen LogP contribution is -2.38. The first-order valence-electron chi connectivity index (χ1n) is 10.9. The summed E-state index contributed by atoms with van der Waals surface area (Å²) in [6.07, 6.45) is 2.14. The number of piperidine rings is 1. The SMILES string of the molecule is CCNC(=NCc1ccc(N2CCC(CO)CC2)cc1)NCCSc1ccccc1.I. The molecule has 2 aromatic rings. The van der Waals surface area contributed by atoms with Crippen molar-refractivity contribution in [3.05, 3.63) is 60.2 Å². The third-order valence-electron chi connectivity index (χ3n) is 5.34. The summed E-state index contributed by atoms with van der Waals surface area (Å²) in [7, 11) is 0. The van der Waals surface area contributed by atoms with Crippen molar-refractivity contribution in [2.45, 2.75) is 31.2 Å². The number of aliphatic hydroxyl groups excluding tert-OH is 1. The van der Waals surface area contributed by atoms with Gasteiger partial charge in [-0.1, -0.05) is 30.3 Å². The minimum absolute atomic E-state index is 0. The van der Waals surface area contributed by atoms with Crippen molar-refractivity contribution in [3.8, 4) is 0 Å². The summed E-state index contributed by atoms with van der Waals surface area (Å²) in [5.74, 6) is 2.33. The van der Waals surface area contributed by atoms with Crippen LogP contribution in [-0.4, -0.2) is 49.6 Å². The van der Waals surface area contributed by atoms with Crippen LogP contribution >= 0.6 is 35.7 Å². The molecular formula is C24H35IN4OS. The van der Waals surface area contributed by atoms with Gasteiger partial charge >= 0.3 is 0 Å². The van der Waals surface area contributed by atoms with E-state index in [9.17, 15) is 5.11 Å². The number of aliphatic hydroxyl groups is 1. The van der Waals surface area contributed by atoms with E-state index >= 15 is 0 Å². The highest BCUT2D eigenvalue weighted by Gasteiger charge is 2.18. The van der Waals surface area contributed by atoms with Crippen molar-refractivity contribution in [1.29, 1.82) is 0 Å². The number of nitrogens with zero attached hydrogens (tertiary/aromatic N) is 2. The Labute approximate surface area is 208 Å². The number of hydrogen-bond acceptors (Lipinski definition) is 4. The van der Waals surface area contributed by atoms with Gasteiger partial charge in [0.15, 0.2) is 5.96 Å². The predicted molar refractivity (Wildman–Crippen MR) is 144 cm³/mol. The molecule has 3 rings (SSSR count). The molecule has 0 spiro atoms. The summed E-state index contributed by atoms with van der Waals surface area (Å²) in [5.41, 5.74) is 2.47. The van der Waals surface area contributed by atoms with Crippen LogP contribution in [0.5, 0.6) is 0 Å². The van der Waals surface area contributed by atoms with E-state index < -0.39 is 0 Å². The van der Waals surface area contributed by atoms with Crippen molar-refractivity contribution in [2.24, 2.45) is 10.9 Å². The molecule has 170 valence electrons. The zero-order valence-corrected chi connectivity index (χ0v) is 21.4. The second-order valence-electron chi connectivity index (χ2n) is 7.56. The molecular weight excluding hydrogens is 519 g/mol. The van der Waals surface area contributed by atoms with E-state index in [0.29, 0.717) is 19.1 Å². The Hall–Kier alpha value is -1.45. The number of guanidine groups is 1. The molecule has 0 aliphatic carbocycles. The summed E-state index contributed by atoms with van der Waals surface area (Å²) in [6.45, 7) is 6.83. The normalized spacial score (nSPS) is 14.8. The number of anilines is 1. The number of aliphatic imine (C=N–C) groups is 1. The zero-order chi connectivity index (χ0) is 21.0. The molecule has 0 radical (unpaired) electrons. The number of benzene rings is 2. The maximum absolute atomic E-state index is 9.30. The van der Waals surface area contributed by atoms with E-state index in [4.69, 9.17) is 4.99 Å². The molecule has 1 aliphatic heterocycles. The van der Waals surface area contributed by atoms with Crippen LogP contribution in [0, 0.1) is 5.92 Å². The Morgan fingerprint density at radius 1 is 1.06 bits per heavy atom. The van der Waals surface area contributed by atoms with Crippen molar-refractivity contribution < 1.29 is 5.11 Å². The molecule has 0 bridgehead atoms. The average molecular weight is 555 g/mol. The topological polar surface area (TPSA) is 59.9 Å². The van der Waals surface area contributed by atoms with Crippen LogP contribution in [0.4, 0.5) is 5.69 Å². The lowest BCUT2D eigenvalue weighted by Gasteiger charge is -2.32. The van der Waals surface area contributed by atoms with Gasteiger partial charge in [0.25, 0.3) is 0 Å². The summed E-state index contributed by atoms with van der Waals surface area (Å²) in [5, 5.41) is 16.1. The molecule has 0 aromatic heterocycles. The Kier molecular flexibility index (Phi) is 12.1. The molecule has 0 atom stereocenters. The van der Waals surface area contributed by atoms with Gasteiger partial charge in [-0.05, 0) is 55.5 Å². The number of thioether (sulfide) groups is 1. The van der Waals surface area contributed by atoms with E-state index in [1.54, 1.807) is 0 Å². The molecule has 5 nitrogen and oxygen atoms in total. The Morgan fingerprint density at radius 3 is 2.42 bits per heavy atom. The van der Waals surface area contributed by atoms with Crippen molar-refractivity contribution >= 4 is 47.4 Å². The van der Waals surface area contributed by atoms with Gasteiger partial charge in [-0.2, -0.15) is 0 Å². The first-order valence-corrected chi connectivity index (χ1v) is 11.9. The van der Waals surface area contributed by atoms with Crippen molar-refractivity contribution in [2.75, 3.05) is 43.4 Å². The Bertz CT molecular complexity index is 765. The Morgan fingerprint density at radius 2 is 1.77 bits per heavy atom. The van der Waals surface area contributed by atoms with Crippen LogP contribution in [0.3, 0.4) is 0 Å². The highest BCUT2D eigenvalue weighted by atomic mass is 127. The molecule has 2 aromatic carbocycles. The minimum Gasteiger partial charge on any atom is -0.396 e. The van der Waals surface area contributed by atoms with E-state index in [1.165, 1.54) is 16.1 Å². The third kappa shape index (κ3) is 8.90. The minimum atomic E-state index is 0. The second-order valence-corrected chi connectivity index (χ2v) is 8.73. The fraction of sp³-hybridized carbons (Fsp3) is 0.458. The van der Waals surface area contributed by atoms with E-state index in [2.05, 4.69) is 71.0 Å². The van der Waals surface area contributed by atoms with Gasteiger partial charge in [0, 0.05) is 49.1 Å². The van der Waals surface area contributed by atoms with Crippen molar-refractivity contribution in [1.82, 2.24) is 10.6 Å². The Balaban J connectivity index is 0.00000341. The van der Waals surface area contributed by atoms with Crippen LogP contribution in [-0.2, 0) is 6.54 Å². The van der Waals surface area contributed by atoms with Crippen LogP contribution in [0.1, 0.15) is 25.3 Å². The van der Waals surface area contributed by atoms with Gasteiger partial charge in [0.05, 0.1) is 6.54 Å². The molecule has 1 aliphatic rings. The number of nitrogens with one attached hydrogen (secondary N) is 2. The fourth-order valence-electron chi connectivity index (χ4n) is 3.55. The zero-order valence-electron chi connectivity index (χ0n) is 18.3. The molecule has 31 heavy (non-hydrogen) atoms. The van der Waals surface area contributed by atoms with Crippen LogP contribution in [0.2, 0.25) is 0 Å². The van der Waals surface area contributed by atoms with Crippen LogP contribution < -0.4 is 15.5 Å². The highest BCUT2D eigenvalue weighted by Crippen LogP contribution is 2.23. The molecule has 1 heterocycles. The molecule has 1 fully saturated rings. The lowest BCUT2D eigenvalue weighted by molar-refractivity contribution is 0.203. The standard InChI is InChI=1S/C24H34N4OS.HI/c1-2-25-24(26-14-17-30-23-6-4-3-5-7-23)27-18-20-8-10-22(11-9-20)28-15-12-21(19-29)13-16-28;/h3-11,21,29H,2,12-19H2,1H3,(H2,25,26,27);1H. The molecule has 0 amide bonds. The second kappa shape index (κ2) is 14.6. The van der Waals surface area contributed by atoms with Gasteiger partial charge in [-0.25, -0.2) is 4.99 Å². The first kappa shape index (κ1) is 25.8. The van der Waals surface area contributed by atoms with Gasteiger partial charge in [0.2, 0.25) is 0 Å². The van der Waals surface area contributed by atoms with E-state index in [-0.39, 0.29) is 24.0 Å². The molecule has 1 saturated heterocycles. The first-order chi connectivity index (χ1) is 14.8. The molecule has 7 heteroatoms.